The summed E-state index contributed by atoms with van der Waals surface area (Å²) in [6.45, 7) is 1.30. The molecular formula is C16H17N3O2S. The maximum absolute atomic E-state index is 12.5. The fourth-order valence-electron chi connectivity index (χ4n) is 2.82. The first-order chi connectivity index (χ1) is 10.7. The Hall–Kier alpha value is -2.00. The van der Waals surface area contributed by atoms with Crippen LogP contribution in [0.1, 0.15) is 12.8 Å². The van der Waals surface area contributed by atoms with E-state index >= 15 is 0 Å². The maximum Gasteiger partial charge on any atom is 0.242 e. The number of fused-ring (bicyclic) bond motifs is 1. The van der Waals surface area contributed by atoms with Gasteiger partial charge in [-0.15, -0.1) is 11.8 Å². The summed E-state index contributed by atoms with van der Waals surface area (Å²) in [5, 5.41) is 8.91. The molecule has 0 aromatic heterocycles. The van der Waals surface area contributed by atoms with Crippen LogP contribution in [0.15, 0.2) is 29.2 Å². The standard InChI is InChI=1S/C16H17N3O2S/c17-9-12-5-7-18(8-6-12)15(20)10-19-13-3-1-2-4-14(13)22-11-16(19)21/h1-4,12H,5-8,10-11H2. The summed E-state index contributed by atoms with van der Waals surface area (Å²) in [4.78, 5) is 29.0. The molecule has 1 fully saturated rings. The van der Waals surface area contributed by atoms with Crippen LogP contribution in [0.2, 0.25) is 0 Å². The SMILES string of the molecule is N#CC1CCN(C(=O)CN2C(=O)CSc3ccccc32)CC1. The van der Waals surface area contributed by atoms with Gasteiger partial charge in [0.1, 0.15) is 6.54 Å². The van der Waals surface area contributed by atoms with Crippen molar-refractivity contribution < 1.29 is 9.59 Å². The quantitative estimate of drug-likeness (QED) is 0.836. The number of likely N-dealkylation sites (tertiary alicyclic amines) is 1. The molecule has 0 radical (unpaired) electrons. The molecule has 2 aliphatic rings. The number of benzene rings is 1. The third-order valence-electron chi connectivity index (χ3n) is 4.13. The predicted molar refractivity (Wildman–Crippen MR) is 84.4 cm³/mol. The first kappa shape index (κ1) is 14.9. The van der Waals surface area contributed by atoms with Crippen molar-refractivity contribution in [2.45, 2.75) is 17.7 Å². The molecule has 3 rings (SSSR count). The predicted octanol–water partition coefficient (Wildman–Crippen LogP) is 1.89. The van der Waals surface area contributed by atoms with Crippen molar-refractivity contribution in [1.29, 1.82) is 5.26 Å². The second-order valence-electron chi connectivity index (χ2n) is 5.52. The van der Waals surface area contributed by atoms with Crippen LogP contribution in [-0.4, -0.2) is 42.1 Å². The number of para-hydroxylation sites is 1. The minimum Gasteiger partial charge on any atom is -0.341 e. The smallest absolute Gasteiger partial charge is 0.242 e. The van der Waals surface area contributed by atoms with E-state index in [0.717, 1.165) is 23.4 Å². The molecule has 0 spiro atoms. The Morgan fingerprint density at radius 2 is 2.05 bits per heavy atom. The summed E-state index contributed by atoms with van der Waals surface area (Å²) in [6, 6.07) is 9.94. The highest BCUT2D eigenvalue weighted by atomic mass is 32.2. The third-order valence-corrected chi connectivity index (χ3v) is 5.18. The van der Waals surface area contributed by atoms with Gasteiger partial charge in [-0.05, 0) is 25.0 Å². The van der Waals surface area contributed by atoms with Gasteiger partial charge in [0.25, 0.3) is 0 Å². The highest BCUT2D eigenvalue weighted by molar-refractivity contribution is 8.00. The Bertz CT molecular complexity index is 633. The summed E-state index contributed by atoms with van der Waals surface area (Å²) in [6.07, 6.45) is 1.45. The minimum atomic E-state index is -0.0357. The van der Waals surface area contributed by atoms with Crippen LogP contribution in [0, 0.1) is 17.2 Å². The Morgan fingerprint density at radius 1 is 1.32 bits per heavy atom. The molecule has 1 aromatic carbocycles. The molecule has 0 saturated carbocycles. The molecule has 0 N–H and O–H groups in total. The molecule has 0 aliphatic carbocycles. The molecule has 22 heavy (non-hydrogen) atoms. The van der Waals surface area contributed by atoms with E-state index in [-0.39, 0.29) is 24.3 Å². The molecule has 2 amide bonds. The average Bonchev–Trinajstić information content (AvgIpc) is 2.57. The van der Waals surface area contributed by atoms with E-state index in [9.17, 15) is 9.59 Å². The molecule has 6 heteroatoms. The topological polar surface area (TPSA) is 64.4 Å². The van der Waals surface area contributed by atoms with Crippen molar-refractivity contribution >= 4 is 29.3 Å². The van der Waals surface area contributed by atoms with Crippen molar-refractivity contribution in [3.8, 4) is 6.07 Å². The van der Waals surface area contributed by atoms with Crippen LogP contribution in [0.25, 0.3) is 0 Å². The molecule has 2 aliphatic heterocycles. The number of carbonyl (C=O) groups is 2. The van der Waals surface area contributed by atoms with Gasteiger partial charge in [0, 0.05) is 23.9 Å². The van der Waals surface area contributed by atoms with Crippen molar-refractivity contribution in [1.82, 2.24) is 4.90 Å². The van der Waals surface area contributed by atoms with E-state index in [0.29, 0.717) is 18.8 Å². The largest absolute Gasteiger partial charge is 0.341 e. The number of thioether (sulfide) groups is 1. The lowest BCUT2D eigenvalue weighted by atomic mass is 9.98. The third kappa shape index (κ3) is 2.95. The van der Waals surface area contributed by atoms with Crippen LogP contribution in [0.5, 0.6) is 0 Å². The number of anilines is 1. The zero-order valence-electron chi connectivity index (χ0n) is 12.2. The van der Waals surface area contributed by atoms with Gasteiger partial charge in [0.05, 0.1) is 17.5 Å². The highest BCUT2D eigenvalue weighted by Gasteiger charge is 2.29. The second-order valence-corrected chi connectivity index (χ2v) is 6.54. The molecule has 114 valence electrons. The lowest BCUT2D eigenvalue weighted by Crippen LogP contribution is -2.47. The van der Waals surface area contributed by atoms with Crippen LogP contribution >= 0.6 is 11.8 Å². The van der Waals surface area contributed by atoms with Gasteiger partial charge >= 0.3 is 0 Å². The monoisotopic (exact) mass is 315 g/mol. The van der Waals surface area contributed by atoms with E-state index in [4.69, 9.17) is 5.26 Å². The molecule has 5 nitrogen and oxygen atoms in total. The van der Waals surface area contributed by atoms with Gasteiger partial charge in [0.15, 0.2) is 0 Å². The highest BCUT2D eigenvalue weighted by Crippen LogP contribution is 2.34. The Kier molecular flexibility index (Phi) is 4.34. The molecule has 0 atom stereocenters. The molecular weight excluding hydrogens is 298 g/mol. The van der Waals surface area contributed by atoms with E-state index in [1.165, 1.54) is 11.8 Å². The summed E-state index contributed by atoms with van der Waals surface area (Å²) >= 11 is 1.51. The zero-order chi connectivity index (χ0) is 15.5. The van der Waals surface area contributed by atoms with Gasteiger partial charge in [-0.1, -0.05) is 12.1 Å². The molecule has 1 aromatic rings. The van der Waals surface area contributed by atoms with E-state index in [2.05, 4.69) is 6.07 Å². The number of hydrogen-bond donors (Lipinski definition) is 0. The van der Waals surface area contributed by atoms with Crippen LogP contribution < -0.4 is 4.90 Å². The summed E-state index contributed by atoms with van der Waals surface area (Å²) in [7, 11) is 0. The van der Waals surface area contributed by atoms with Gasteiger partial charge in [-0.3, -0.25) is 9.59 Å². The average molecular weight is 315 g/mol. The second kappa shape index (κ2) is 6.41. The number of hydrogen-bond acceptors (Lipinski definition) is 4. The fraction of sp³-hybridized carbons (Fsp3) is 0.438. The van der Waals surface area contributed by atoms with E-state index in [1.54, 1.807) is 9.80 Å². The maximum atomic E-state index is 12.5. The number of rotatable bonds is 2. The normalized spacial score (nSPS) is 18.8. The molecule has 0 unspecified atom stereocenters. The van der Waals surface area contributed by atoms with Gasteiger partial charge in [0.2, 0.25) is 11.8 Å². The number of nitrogens with zero attached hydrogens (tertiary/aromatic N) is 3. The summed E-state index contributed by atoms with van der Waals surface area (Å²) in [5.41, 5.74) is 0.823. The lowest BCUT2D eigenvalue weighted by Gasteiger charge is -2.33. The Morgan fingerprint density at radius 3 is 2.77 bits per heavy atom. The number of nitriles is 1. The zero-order valence-corrected chi connectivity index (χ0v) is 13.0. The Balaban J connectivity index is 1.69. The number of amides is 2. The van der Waals surface area contributed by atoms with Gasteiger partial charge in [-0.2, -0.15) is 5.26 Å². The van der Waals surface area contributed by atoms with Crippen molar-refractivity contribution in [2.75, 3.05) is 30.3 Å². The van der Waals surface area contributed by atoms with Gasteiger partial charge in [-0.25, -0.2) is 0 Å². The van der Waals surface area contributed by atoms with Crippen LogP contribution in [-0.2, 0) is 9.59 Å². The van der Waals surface area contributed by atoms with Crippen LogP contribution in [0.3, 0.4) is 0 Å². The van der Waals surface area contributed by atoms with Crippen molar-refractivity contribution in [3.63, 3.8) is 0 Å². The van der Waals surface area contributed by atoms with Gasteiger partial charge < -0.3 is 9.80 Å². The molecule has 2 heterocycles. The molecule has 0 bridgehead atoms. The molecule has 1 saturated heterocycles. The number of carbonyl (C=O) groups excluding carboxylic acids is 2. The van der Waals surface area contributed by atoms with E-state index in [1.807, 2.05) is 24.3 Å². The van der Waals surface area contributed by atoms with Crippen molar-refractivity contribution in [2.24, 2.45) is 5.92 Å². The van der Waals surface area contributed by atoms with E-state index < -0.39 is 0 Å². The first-order valence-corrected chi connectivity index (χ1v) is 8.37. The van der Waals surface area contributed by atoms with Crippen LogP contribution in [0.4, 0.5) is 5.69 Å². The first-order valence-electron chi connectivity index (χ1n) is 7.38. The lowest BCUT2D eigenvalue weighted by molar-refractivity contribution is -0.132. The van der Waals surface area contributed by atoms with Crippen molar-refractivity contribution in [3.05, 3.63) is 24.3 Å². The number of piperidine rings is 1. The summed E-state index contributed by atoms with van der Waals surface area (Å²) < 4.78 is 0. The Labute approximate surface area is 133 Å². The summed E-state index contributed by atoms with van der Waals surface area (Å²) in [5.74, 6) is 0.369. The fourth-order valence-corrected chi connectivity index (χ4v) is 3.76. The minimum absolute atomic E-state index is 0.0241.